The monoisotopic (exact) mass is 249 g/mol. The van der Waals surface area contributed by atoms with Crippen LogP contribution in [0.5, 0.6) is 11.6 Å². The lowest BCUT2D eigenvalue weighted by Crippen LogP contribution is -1.92. The largest absolute Gasteiger partial charge is 0.439 e. The second kappa shape index (κ2) is 4.90. The van der Waals surface area contributed by atoms with Crippen molar-refractivity contribution in [3.8, 4) is 11.6 Å². The third-order valence-corrected chi connectivity index (χ3v) is 2.82. The fraction of sp³-hybridized carbons (Fsp3) is 0. The Morgan fingerprint density at radius 2 is 1.68 bits per heavy atom. The van der Waals surface area contributed by atoms with Gasteiger partial charge < -0.3 is 4.74 Å². The van der Waals surface area contributed by atoms with Crippen molar-refractivity contribution in [3.63, 3.8) is 0 Å². The molecular formula is C16H11NO2. The molecule has 19 heavy (non-hydrogen) atoms. The molecule has 0 aliphatic rings. The summed E-state index contributed by atoms with van der Waals surface area (Å²) in [5.41, 5.74) is 1.33. The fourth-order valence-corrected chi connectivity index (χ4v) is 1.94. The number of fused-ring (bicyclic) bond motifs is 1. The Hall–Kier alpha value is -2.68. The number of benzene rings is 2. The Morgan fingerprint density at radius 3 is 2.47 bits per heavy atom. The van der Waals surface area contributed by atoms with Crippen LogP contribution in [0.25, 0.3) is 10.9 Å². The summed E-state index contributed by atoms with van der Waals surface area (Å²) in [6.45, 7) is 0. The molecule has 3 heteroatoms. The molecular weight excluding hydrogens is 238 g/mol. The van der Waals surface area contributed by atoms with Gasteiger partial charge in [0.05, 0.1) is 5.52 Å². The van der Waals surface area contributed by atoms with E-state index < -0.39 is 0 Å². The molecule has 0 aliphatic heterocycles. The SMILES string of the molecule is O=Cc1cc(Oc2ccccc2)nc2ccccc12. The first-order valence-corrected chi connectivity index (χ1v) is 5.95. The summed E-state index contributed by atoms with van der Waals surface area (Å²) < 4.78 is 5.66. The third kappa shape index (κ3) is 2.31. The molecule has 1 heterocycles. The fourth-order valence-electron chi connectivity index (χ4n) is 1.94. The van der Waals surface area contributed by atoms with Gasteiger partial charge in [0.25, 0.3) is 0 Å². The molecule has 0 saturated heterocycles. The van der Waals surface area contributed by atoms with Gasteiger partial charge in [0.1, 0.15) is 5.75 Å². The lowest BCUT2D eigenvalue weighted by molar-refractivity contribution is 0.112. The number of carbonyl (C=O) groups excluding carboxylic acids is 1. The summed E-state index contributed by atoms with van der Waals surface area (Å²) >= 11 is 0. The molecule has 0 N–H and O–H groups in total. The second-order valence-corrected chi connectivity index (χ2v) is 4.10. The van der Waals surface area contributed by atoms with E-state index in [0.29, 0.717) is 17.2 Å². The van der Waals surface area contributed by atoms with E-state index in [9.17, 15) is 4.79 Å². The third-order valence-electron chi connectivity index (χ3n) is 2.82. The molecule has 0 radical (unpaired) electrons. The van der Waals surface area contributed by atoms with E-state index in [2.05, 4.69) is 4.98 Å². The van der Waals surface area contributed by atoms with Crippen LogP contribution in [0, 0.1) is 0 Å². The summed E-state index contributed by atoms with van der Waals surface area (Å²) in [5.74, 6) is 1.12. The molecule has 92 valence electrons. The van der Waals surface area contributed by atoms with Crippen LogP contribution >= 0.6 is 0 Å². The van der Waals surface area contributed by atoms with Gasteiger partial charge in [-0.3, -0.25) is 4.79 Å². The minimum absolute atomic E-state index is 0.423. The van der Waals surface area contributed by atoms with Crippen molar-refractivity contribution in [3.05, 3.63) is 66.2 Å². The molecule has 0 amide bonds. The number of ether oxygens (including phenoxy) is 1. The van der Waals surface area contributed by atoms with Crippen LogP contribution in [-0.4, -0.2) is 11.3 Å². The number of pyridine rings is 1. The lowest BCUT2D eigenvalue weighted by Gasteiger charge is -2.07. The maximum atomic E-state index is 11.1. The summed E-state index contributed by atoms with van der Waals surface area (Å²) in [6, 6.07) is 18.5. The van der Waals surface area contributed by atoms with Crippen molar-refractivity contribution in [2.24, 2.45) is 0 Å². The van der Waals surface area contributed by atoms with E-state index in [1.54, 1.807) is 6.07 Å². The number of aldehydes is 1. The number of hydrogen-bond acceptors (Lipinski definition) is 3. The standard InChI is InChI=1S/C16H11NO2/c18-11-12-10-16(19-13-6-2-1-3-7-13)17-15-9-5-4-8-14(12)15/h1-11H. The molecule has 1 aromatic heterocycles. The summed E-state index contributed by atoms with van der Waals surface area (Å²) in [6.07, 6.45) is 0.821. The number of nitrogens with zero attached hydrogens (tertiary/aromatic N) is 1. The van der Waals surface area contributed by atoms with Crippen LogP contribution in [0.4, 0.5) is 0 Å². The Labute approximate surface area is 110 Å². The van der Waals surface area contributed by atoms with Crippen molar-refractivity contribution >= 4 is 17.2 Å². The highest BCUT2D eigenvalue weighted by atomic mass is 16.5. The Morgan fingerprint density at radius 1 is 0.947 bits per heavy atom. The second-order valence-electron chi connectivity index (χ2n) is 4.10. The van der Waals surface area contributed by atoms with Crippen molar-refractivity contribution in [2.75, 3.05) is 0 Å². The Balaban J connectivity index is 2.07. The van der Waals surface area contributed by atoms with E-state index in [-0.39, 0.29) is 0 Å². The summed E-state index contributed by atoms with van der Waals surface area (Å²) in [4.78, 5) is 15.5. The van der Waals surface area contributed by atoms with Crippen LogP contribution in [0.1, 0.15) is 10.4 Å². The predicted octanol–water partition coefficient (Wildman–Crippen LogP) is 3.84. The molecule has 0 unspecified atom stereocenters. The van der Waals surface area contributed by atoms with E-state index >= 15 is 0 Å². The van der Waals surface area contributed by atoms with Gasteiger partial charge in [-0.1, -0.05) is 36.4 Å². The van der Waals surface area contributed by atoms with Gasteiger partial charge in [-0.25, -0.2) is 4.98 Å². The lowest BCUT2D eigenvalue weighted by atomic mass is 10.1. The zero-order valence-corrected chi connectivity index (χ0v) is 10.1. The summed E-state index contributed by atoms with van der Waals surface area (Å²) in [5, 5.41) is 0.831. The highest BCUT2D eigenvalue weighted by molar-refractivity contribution is 5.96. The van der Waals surface area contributed by atoms with Gasteiger partial charge in [0, 0.05) is 17.0 Å². The van der Waals surface area contributed by atoms with Gasteiger partial charge in [0.2, 0.25) is 5.88 Å². The van der Waals surface area contributed by atoms with Crippen molar-refractivity contribution in [1.82, 2.24) is 4.98 Å². The zero-order chi connectivity index (χ0) is 13.1. The molecule has 0 fully saturated rings. The molecule has 0 aliphatic carbocycles. The van der Waals surface area contributed by atoms with E-state index in [4.69, 9.17) is 4.74 Å². The molecule has 3 aromatic rings. The molecule has 2 aromatic carbocycles. The van der Waals surface area contributed by atoms with Gasteiger partial charge in [-0.05, 0) is 18.2 Å². The van der Waals surface area contributed by atoms with Crippen LogP contribution in [0.3, 0.4) is 0 Å². The topological polar surface area (TPSA) is 39.2 Å². The smallest absolute Gasteiger partial charge is 0.220 e. The maximum Gasteiger partial charge on any atom is 0.220 e. The minimum Gasteiger partial charge on any atom is -0.439 e. The number of aromatic nitrogens is 1. The molecule has 3 nitrogen and oxygen atoms in total. The highest BCUT2D eigenvalue weighted by Crippen LogP contribution is 2.24. The average Bonchev–Trinajstić information content (AvgIpc) is 2.47. The van der Waals surface area contributed by atoms with Crippen LogP contribution < -0.4 is 4.74 Å². The first kappa shape index (κ1) is 11.4. The van der Waals surface area contributed by atoms with Crippen LogP contribution in [0.15, 0.2) is 60.7 Å². The van der Waals surface area contributed by atoms with E-state index in [1.807, 2.05) is 54.6 Å². The van der Waals surface area contributed by atoms with E-state index in [1.165, 1.54) is 0 Å². The minimum atomic E-state index is 0.423. The van der Waals surface area contributed by atoms with Gasteiger partial charge in [-0.15, -0.1) is 0 Å². The van der Waals surface area contributed by atoms with Crippen LogP contribution in [0.2, 0.25) is 0 Å². The van der Waals surface area contributed by atoms with Crippen molar-refractivity contribution in [2.45, 2.75) is 0 Å². The zero-order valence-electron chi connectivity index (χ0n) is 10.1. The van der Waals surface area contributed by atoms with Crippen molar-refractivity contribution < 1.29 is 9.53 Å². The maximum absolute atomic E-state index is 11.1. The molecule has 0 bridgehead atoms. The molecule has 0 atom stereocenters. The first-order chi connectivity index (χ1) is 9.36. The first-order valence-electron chi connectivity index (χ1n) is 5.95. The average molecular weight is 249 g/mol. The van der Waals surface area contributed by atoms with E-state index in [0.717, 1.165) is 17.2 Å². The van der Waals surface area contributed by atoms with Crippen LogP contribution in [-0.2, 0) is 0 Å². The molecule has 0 spiro atoms. The number of rotatable bonds is 3. The number of hydrogen-bond donors (Lipinski definition) is 0. The van der Waals surface area contributed by atoms with Crippen molar-refractivity contribution in [1.29, 1.82) is 0 Å². The van der Waals surface area contributed by atoms with Gasteiger partial charge >= 0.3 is 0 Å². The Kier molecular flexibility index (Phi) is 2.94. The molecule has 0 saturated carbocycles. The quantitative estimate of drug-likeness (QED) is 0.662. The summed E-state index contributed by atoms with van der Waals surface area (Å²) in [7, 11) is 0. The van der Waals surface area contributed by atoms with Gasteiger partial charge in [-0.2, -0.15) is 0 Å². The normalized spacial score (nSPS) is 10.3. The number of para-hydroxylation sites is 2. The molecule has 3 rings (SSSR count). The van der Waals surface area contributed by atoms with Gasteiger partial charge in [0.15, 0.2) is 6.29 Å². The Bertz CT molecular complexity index is 723. The predicted molar refractivity (Wildman–Crippen MR) is 73.6 cm³/mol. The number of carbonyl (C=O) groups is 1. The highest BCUT2D eigenvalue weighted by Gasteiger charge is 2.06.